The minimum Gasteiger partial charge on any atom is -0.366 e. The summed E-state index contributed by atoms with van der Waals surface area (Å²) in [5.41, 5.74) is 10.0. The van der Waals surface area contributed by atoms with Gasteiger partial charge in [0.1, 0.15) is 0 Å². The molecule has 1 aromatic heterocycles. The average Bonchev–Trinajstić information content (AvgIpc) is 3.01. The summed E-state index contributed by atoms with van der Waals surface area (Å²) in [6.07, 6.45) is 2.12. The first-order valence-electron chi connectivity index (χ1n) is 9.25. The van der Waals surface area contributed by atoms with Gasteiger partial charge in [-0.05, 0) is 42.2 Å². The summed E-state index contributed by atoms with van der Waals surface area (Å²) in [5.74, 6) is -0.573. The standard InChI is InChI=1S/C22H24ClN3O2/c1-4-7-17-20(22(28)26(2)3)19-14(10-13-8-5-6-9-16(13)23)11-15(21(24)27)12-18(19)25-17/h5-6,8-9,11-12,25H,4,7,10H2,1-3H3,(H2,24,27). The Balaban J connectivity index is 2.31. The highest BCUT2D eigenvalue weighted by Crippen LogP contribution is 2.32. The fraction of sp³-hybridized carbons (Fsp3) is 0.273. The van der Waals surface area contributed by atoms with Crippen molar-refractivity contribution in [1.82, 2.24) is 9.88 Å². The zero-order valence-electron chi connectivity index (χ0n) is 16.3. The van der Waals surface area contributed by atoms with Crippen molar-refractivity contribution >= 4 is 34.3 Å². The lowest BCUT2D eigenvalue weighted by Crippen LogP contribution is -2.23. The number of aromatic amines is 1. The predicted molar refractivity (Wildman–Crippen MR) is 113 cm³/mol. The van der Waals surface area contributed by atoms with Crippen LogP contribution in [0.2, 0.25) is 5.02 Å². The Bertz CT molecular complexity index is 1050. The Morgan fingerprint density at radius 2 is 1.86 bits per heavy atom. The van der Waals surface area contributed by atoms with Crippen LogP contribution in [0.5, 0.6) is 0 Å². The van der Waals surface area contributed by atoms with Crippen LogP contribution in [0.25, 0.3) is 10.9 Å². The van der Waals surface area contributed by atoms with Gasteiger partial charge in [0.15, 0.2) is 0 Å². The van der Waals surface area contributed by atoms with E-state index in [1.165, 1.54) is 0 Å². The van der Waals surface area contributed by atoms with Crippen LogP contribution in [-0.4, -0.2) is 35.8 Å². The molecule has 0 aliphatic rings. The Morgan fingerprint density at radius 3 is 2.46 bits per heavy atom. The Hall–Kier alpha value is -2.79. The van der Waals surface area contributed by atoms with Gasteiger partial charge in [0, 0.05) is 41.3 Å². The van der Waals surface area contributed by atoms with Gasteiger partial charge in [-0.1, -0.05) is 43.1 Å². The number of benzene rings is 2. The van der Waals surface area contributed by atoms with Crippen molar-refractivity contribution in [2.45, 2.75) is 26.2 Å². The molecule has 0 spiro atoms. The highest BCUT2D eigenvalue weighted by molar-refractivity contribution is 6.31. The van der Waals surface area contributed by atoms with Crippen molar-refractivity contribution in [2.75, 3.05) is 14.1 Å². The van der Waals surface area contributed by atoms with E-state index in [0.29, 0.717) is 22.6 Å². The van der Waals surface area contributed by atoms with E-state index in [4.69, 9.17) is 17.3 Å². The number of hydrogen-bond donors (Lipinski definition) is 2. The fourth-order valence-corrected chi connectivity index (χ4v) is 3.70. The number of primary amides is 1. The minimum absolute atomic E-state index is 0.0677. The summed E-state index contributed by atoms with van der Waals surface area (Å²) in [7, 11) is 3.48. The number of nitrogens with zero attached hydrogens (tertiary/aromatic N) is 1. The van der Waals surface area contributed by atoms with E-state index in [9.17, 15) is 9.59 Å². The number of nitrogens with one attached hydrogen (secondary N) is 1. The van der Waals surface area contributed by atoms with Gasteiger partial charge in [-0.15, -0.1) is 0 Å². The summed E-state index contributed by atoms with van der Waals surface area (Å²) in [4.78, 5) is 29.8. The van der Waals surface area contributed by atoms with Crippen LogP contribution in [-0.2, 0) is 12.8 Å². The van der Waals surface area contributed by atoms with Gasteiger partial charge < -0.3 is 15.6 Å². The van der Waals surface area contributed by atoms with Crippen LogP contribution in [0, 0.1) is 0 Å². The molecule has 6 heteroatoms. The van der Waals surface area contributed by atoms with Crippen LogP contribution in [0.3, 0.4) is 0 Å². The molecular formula is C22H24ClN3O2. The van der Waals surface area contributed by atoms with Crippen molar-refractivity contribution in [2.24, 2.45) is 5.73 Å². The number of fused-ring (bicyclic) bond motifs is 1. The molecule has 0 saturated heterocycles. The lowest BCUT2D eigenvalue weighted by molar-refractivity contribution is 0.0828. The van der Waals surface area contributed by atoms with Crippen molar-refractivity contribution < 1.29 is 9.59 Å². The van der Waals surface area contributed by atoms with E-state index in [0.717, 1.165) is 40.6 Å². The van der Waals surface area contributed by atoms with Crippen LogP contribution >= 0.6 is 11.6 Å². The molecule has 146 valence electrons. The predicted octanol–water partition coefficient (Wildman–Crippen LogP) is 4.17. The second kappa shape index (κ2) is 8.07. The number of amides is 2. The molecule has 1 heterocycles. The number of H-pyrrole nitrogens is 1. The molecule has 5 nitrogen and oxygen atoms in total. The molecule has 3 rings (SSSR count). The minimum atomic E-state index is -0.505. The maximum atomic E-state index is 13.0. The second-order valence-electron chi connectivity index (χ2n) is 7.12. The SMILES string of the molecule is CCCc1[nH]c2cc(C(N)=O)cc(Cc3ccccc3Cl)c2c1C(=O)N(C)C. The molecule has 2 amide bonds. The summed E-state index contributed by atoms with van der Waals surface area (Å²) < 4.78 is 0. The number of nitrogens with two attached hydrogens (primary N) is 1. The van der Waals surface area contributed by atoms with Crippen molar-refractivity contribution in [3.05, 3.63) is 69.4 Å². The second-order valence-corrected chi connectivity index (χ2v) is 7.53. The summed E-state index contributed by atoms with van der Waals surface area (Å²) in [6.45, 7) is 2.06. The molecule has 0 aliphatic heterocycles. The van der Waals surface area contributed by atoms with Crippen LogP contribution in [0.15, 0.2) is 36.4 Å². The molecule has 0 aliphatic carbocycles. The third kappa shape index (κ3) is 3.76. The van der Waals surface area contributed by atoms with Crippen LogP contribution in [0.1, 0.15) is 50.9 Å². The third-order valence-corrected chi connectivity index (χ3v) is 5.17. The van der Waals surface area contributed by atoms with Crippen molar-refractivity contribution in [3.63, 3.8) is 0 Å². The monoisotopic (exact) mass is 397 g/mol. The summed E-state index contributed by atoms with van der Waals surface area (Å²) in [5, 5.41) is 1.47. The average molecular weight is 398 g/mol. The molecule has 28 heavy (non-hydrogen) atoms. The maximum absolute atomic E-state index is 13.0. The number of carbonyl (C=O) groups is 2. The number of carbonyl (C=O) groups excluding carboxylic acids is 2. The fourth-order valence-electron chi connectivity index (χ4n) is 3.50. The van der Waals surface area contributed by atoms with Gasteiger partial charge in [-0.3, -0.25) is 9.59 Å². The normalized spacial score (nSPS) is 11.0. The van der Waals surface area contributed by atoms with Crippen molar-refractivity contribution in [3.8, 4) is 0 Å². The highest BCUT2D eigenvalue weighted by atomic mass is 35.5. The van der Waals surface area contributed by atoms with Gasteiger partial charge in [0.25, 0.3) is 5.91 Å². The first-order chi connectivity index (χ1) is 13.3. The molecular weight excluding hydrogens is 374 g/mol. The Labute approximate surface area is 169 Å². The number of rotatable bonds is 6. The zero-order chi connectivity index (χ0) is 20.4. The molecule has 0 fully saturated rings. The van der Waals surface area contributed by atoms with E-state index >= 15 is 0 Å². The lowest BCUT2D eigenvalue weighted by Gasteiger charge is -2.14. The van der Waals surface area contributed by atoms with E-state index in [1.807, 2.05) is 24.3 Å². The molecule has 0 saturated carbocycles. The van der Waals surface area contributed by atoms with Gasteiger partial charge in [-0.2, -0.15) is 0 Å². The van der Waals surface area contributed by atoms with E-state index in [1.54, 1.807) is 31.1 Å². The van der Waals surface area contributed by atoms with Crippen molar-refractivity contribution in [1.29, 1.82) is 0 Å². The van der Waals surface area contributed by atoms with E-state index in [-0.39, 0.29) is 5.91 Å². The van der Waals surface area contributed by atoms with Crippen LogP contribution < -0.4 is 5.73 Å². The maximum Gasteiger partial charge on any atom is 0.255 e. The quantitative estimate of drug-likeness (QED) is 0.654. The first kappa shape index (κ1) is 20.0. The number of hydrogen-bond acceptors (Lipinski definition) is 2. The number of aromatic nitrogens is 1. The van der Waals surface area contributed by atoms with Gasteiger partial charge >= 0.3 is 0 Å². The third-order valence-electron chi connectivity index (χ3n) is 4.80. The van der Waals surface area contributed by atoms with E-state index in [2.05, 4.69) is 11.9 Å². The number of aryl methyl sites for hydroxylation is 1. The summed E-state index contributed by atoms with van der Waals surface area (Å²) in [6, 6.07) is 11.1. The van der Waals surface area contributed by atoms with Gasteiger partial charge in [0.05, 0.1) is 5.56 Å². The Morgan fingerprint density at radius 1 is 1.14 bits per heavy atom. The number of halogens is 1. The highest BCUT2D eigenvalue weighted by Gasteiger charge is 2.23. The molecule has 0 unspecified atom stereocenters. The Kier molecular flexibility index (Phi) is 5.75. The smallest absolute Gasteiger partial charge is 0.255 e. The van der Waals surface area contributed by atoms with E-state index < -0.39 is 5.91 Å². The zero-order valence-corrected chi connectivity index (χ0v) is 17.1. The molecule has 0 atom stereocenters. The molecule has 2 aromatic carbocycles. The largest absolute Gasteiger partial charge is 0.366 e. The topological polar surface area (TPSA) is 79.2 Å². The molecule has 0 bridgehead atoms. The van der Waals surface area contributed by atoms with Crippen LogP contribution in [0.4, 0.5) is 0 Å². The first-order valence-corrected chi connectivity index (χ1v) is 9.63. The van der Waals surface area contributed by atoms with Gasteiger partial charge in [-0.25, -0.2) is 0 Å². The molecule has 3 aromatic rings. The lowest BCUT2D eigenvalue weighted by atomic mass is 9.95. The molecule has 0 radical (unpaired) electrons. The summed E-state index contributed by atoms with van der Waals surface area (Å²) >= 11 is 6.36. The van der Waals surface area contributed by atoms with Gasteiger partial charge in [0.2, 0.25) is 5.91 Å². The molecule has 3 N–H and O–H groups in total.